The van der Waals surface area contributed by atoms with E-state index >= 15 is 0 Å². The average Bonchev–Trinajstić information content (AvgIpc) is 2.29. The Labute approximate surface area is 111 Å². The number of ether oxygens (including phenoxy) is 2. The van der Waals surface area contributed by atoms with E-state index in [9.17, 15) is 4.79 Å². The van der Waals surface area contributed by atoms with Gasteiger partial charge in [0.25, 0.3) is 0 Å². The van der Waals surface area contributed by atoms with Gasteiger partial charge in [0.05, 0.1) is 19.1 Å². The number of halogens is 1. The molecule has 0 aliphatic heterocycles. The van der Waals surface area contributed by atoms with E-state index in [2.05, 4.69) is 29.5 Å². The quantitative estimate of drug-likeness (QED) is 0.334. The second-order valence-electron chi connectivity index (χ2n) is 4.30. The van der Waals surface area contributed by atoms with Crippen LogP contribution < -0.4 is 0 Å². The lowest BCUT2D eigenvalue weighted by atomic mass is 9.86. The summed E-state index contributed by atoms with van der Waals surface area (Å²) in [6.45, 7) is 2.90. The van der Waals surface area contributed by atoms with E-state index in [1.165, 1.54) is 7.11 Å². The second-order valence-corrected chi connectivity index (χ2v) is 6.06. The Morgan fingerprint density at radius 2 is 2.19 bits per heavy atom. The van der Waals surface area contributed by atoms with Gasteiger partial charge in [0.15, 0.2) is 0 Å². The largest absolute Gasteiger partial charge is 0.469 e. The molecule has 3 nitrogen and oxygen atoms in total. The number of alkyl halides is 1. The van der Waals surface area contributed by atoms with Crippen molar-refractivity contribution in [2.24, 2.45) is 5.92 Å². The van der Waals surface area contributed by atoms with E-state index in [1.54, 1.807) is 0 Å². The Morgan fingerprint density at radius 1 is 1.44 bits per heavy atom. The van der Waals surface area contributed by atoms with Crippen LogP contribution in [0.2, 0.25) is 0 Å². The van der Waals surface area contributed by atoms with E-state index in [1.807, 2.05) is 0 Å². The van der Waals surface area contributed by atoms with E-state index in [4.69, 9.17) is 9.47 Å². The molecule has 1 fully saturated rings. The average molecular weight is 340 g/mol. The van der Waals surface area contributed by atoms with Crippen molar-refractivity contribution in [1.29, 1.82) is 0 Å². The van der Waals surface area contributed by atoms with E-state index < -0.39 is 0 Å². The lowest BCUT2D eigenvalue weighted by Crippen LogP contribution is -2.37. The highest BCUT2D eigenvalue weighted by Crippen LogP contribution is 2.32. The molecule has 0 heterocycles. The van der Waals surface area contributed by atoms with Crippen molar-refractivity contribution in [2.75, 3.05) is 13.7 Å². The molecule has 0 saturated heterocycles. The van der Waals surface area contributed by atoms with E-state index in [0.29, 0.717) is 3.92 Å². The van der Waals surface area contributed by atoms with Gasteiger partial charge < -0.3 is 9.47 Å². The Bertz CT molecular complexity index is 220. The summed E-state index contributed by atoms with van der Waals surface area (Å²) in [7, 11) is 1.46. The topological polar surface area (TPSA) is 35.5 Å². The van der Waals surface area contributed by atoms with Crippen LogP contribution in [0.3, 0.4) is 0 Å². The van der Waals surface area contributed by atoms with Gasteiger partial charge >= 0.3 is 5.97 Å². The molecule has 0 amide bonds. The van der Waals surface area contributed by atoms with Crippen LogP contribution in [-0.2, 0) is 14.3 Å². The third-order valence-electron chi connectivity index (χ3n) is 3.06. The fraction of sp³-hybridized carbons (Fsp3) is 0.917. The zero-order chi connectivity index (χ0) is 12.0. The monoisotopic (exact) mass is 340 g/mol. The first-order chi connectivity index (χ1) is 7.69. The van der Waals surface area contributed by atoms with Crippen LogP contribution >= 0.6 is 22.6 Å². The van der Waals surface area contributed by atoms with Crippen LogP contribution in [-0.4, -0.2) is 29.7 Å². The number of methoxy groups -OCH3 is 1. The maximum Gasteiger partial charge on any atom is 0.311 e. The van der Waals surface area contributed by atoms with Crippen LogP contribution in [0, 0.1) is 5.92 Å². The van der Waals surface area contributed by atoms with Gasteiger partial charge in [-0.3, -0.25) is 4.79 Å². The summed E-state index contributed by atoms with van der Waals surface area (Å²) in [6, 6.07) is 0. The molecule has 0 spiro atoms. The van der Waals surface area contributed by atoms with Gasteiger partial charge in [-0.05, 0) is 25.7 Å². The smallest absolute Gasteiger partial charge is 0.311 e. The highest BCUT2D eigenvalue weighted by molar-refractivity contribution is 14.1. The molecule has 1 saturated carbocycles. The number of carbonyl (C=O) groups excluding carboxylic acids is 1. The summed E-state index contributed by atoms with van der Waals surface area (Å²) < 4.78 is 11.3. The molecule has 1 rings (SSSR count). The lowest BCUT2D eigenvalue weighted by Gasteiger charge is -2.32. The van der Waals surface area contributed by atoms with Gasteiger partial charge in [-0.25, -0.2) is 0 Å². The third kappa shape index (κ3) is 4.20. The van der Waals surface area contributed by atoms with Crippen molar-refractivity contribution >= 4 is 28.6 Å². The van der Waals surface area contributed by atoms with Crippen molar-refractivity contribution in [2.45, 2.75) is 49.1 Å². The minimum Gasteiger partial charge on any atom is -0.469 e. The van der Waals surface area contributed by atoms with Crippen molar-refractivity contribution < 1.29 is 14.3 Å². The Hall–Kier alpha value is 0.160. The Kier molecular flexibility index (Phi) is 6.65. The second kappa shape index (κ2) is 7.48. The molecule has 0 N–H and O–H groups in total. The van der Waals surface area contributed by atoms with Gasteiger partial charge in [-0.1, -0.05) is 35.9 Å². The maximum absolute atomic E-state index is 11.6. The standard InChI is InChI=1S/C12H21IO3/c1-3-4-7-16-11-8-9(13)5-6-10(11)12(14)15-2/h9-11H,3-8H2,1-2H3. The molecule has 0 radical (unpaired) electrons. The molecule has 0 aromatic rings. The van der Waals surface area contributed by atoms with Crippen LogP contribution in [0.5, 0.6) is 0 Å². The molecule has 4 heteroatoms. The number of unbranched alkanes of at least 4 members (excludes halogenated alkanes) is 1. The molecule has 3 atom stereocenters. The molecule has 0 aromatic carbocycles. The molecular formula is C12H21IO3. The van der Waals surface area contributed by atoms with Gasteiger partial charge in [0.1, 0.15) is 0 Å². The Morgan fingerprint density at radius 3 is 2.81 bits per heavy atom. The zero-order valence-corrected chi connectivity index (χ0v) is 12.2. The molecule has 3 unspecified atom stereocenters. The normalized spacial score (nSPS) is 30.1. The van der Waals surface area contributed by atoms with Crippen LogP contribution in [0.1, 0.15) is 39.0 Å². The van der Waals surface area contributed by atoms with Crippen LogP contribution in [0.15, 0.2) is 0 Å². The minimum atomic E-state index is -0.107. The van der Waals surface area contributed by atoms with Crippen LogP contribution in [0.25, 0.3) is 0 Å². The first kappa shape index (κ1) is 14.2. The summed E-state index contributed by atoms with van der Waals surface area (Å²) in [5, 5.41) is 0. The van der Waals surface area contributed by atoms with E-state index in [0.717, 1.165) is 38.7 Å². The number of hydrogen-bond acceptors (Lipinski definition) is 3. The highest BCUT2D eigenvalue weighted by atomic mass is 127. The van der Waals surface area contributed by atoms with Crippen molar-refractivity contribution in [3.05, 3.63) is 0 Å². The first-order valence-corrected chi connectivity index (χ1v) is 7.27. The molecule has 94 valence electrons. The molecule has 1 aliphatic carbocycles. The fourth-order valence-electron chi connectivity index (χ4n) is 2.06. The molecular weight excluding hydrogens is 319 g/mol. The van der Waals surface area contributed by atoms with Crippen LogP contribution in [0.4, 0.5) is 0 Å². The maximum atomic E-state index is 11.6. The zero-order valence-electron chi connectivity index (χ0n) is 10.1. The molecule has 16 heavy (non-hydrogen) atoms. The van der Waals surface area contributed by atoms with Gasteiger partial charge in [0.2, 0.25) is 0 Å². The first-order valence-electron chi connectivity index (χ1n) is 6.02. The summed E-state index contributed by atoms with van der Waals surface area (Å²) in [4.78, 5) is 11.6. The van der Waals surface area contributed by atoms with E-state index in [-0.39, 0.29) is 18.0 Å². The predicted octanol–water partition coefficient (Wildman–Crippen LogP) is 2.95. The number of carbonyl (C=O) groups is 1. The lowest BCUT2D eigenvalue weighted by molar-refractivity contribution is -0.153. The van der Waals surface area contributed by atoms with Crippen molar-refractivity contribution in [3.63, 3.8) is 0 Å². The minimum absolute atomic E-state index is 0.0483. The number of esters is 1. The molecule has 0 aromatic heterocycles. The highest BCUT2D eigenvalue weighted by Gasteiger charge is 2.35. The Balaban J connectivity index is 2.47. The summed E-state index contributed by atoms with van der Waals surface area (Å²) in [6.07, 6.45) is 5.23. The predicted molar refractivity (Wildman–Crippen MR) is 71.8 cm³/mol. The summed E-state index contributed by atoms with van der Waals surface area (Å²) in [5.41, 5.74) is 0. The SMILES string of the molecule is CCCCOC1CC(I)CCC1C(=O)OC. The summed E-state index contributed by atoms with van der Waals surface area (Å²) >= 11 is 2.45. The third-order valence-corrected chi connectivity index (χ3v) is 4.19. The fourth-order valence-corrected chi connectivity index (χ4v) is 2.93. The van der Waals surface area contributed by atoms with Gasteiger partial charge in [-0.15, -0.1) is 0 Å². The molecule has 0 bridgehead atoms. The number of rotatable bonds is 5. The molecule has 1 aliphatic rings. The van der Waals surface area contributed by atoms with Gasteiger partial charge in [0, 0.05) is 10.5 Å². The van der Waals surface area contributed by atoms with Crippen molar-refractivity contribution in [3.8, 4) is 0 Å². The van der Waals surface area contributed by atoms with Gasteiger partial charge in [-0.2, -0.15) is 0 Å². The van der Waals surface area contributed by atoms with Crippen molar-refractivity contribution in [1.82, 2.24) is 0 Å². The number of hydrogen-bond donors (Lipinski definition) is 0. The summed E-state index contributed by atoms with van der Waals surface area (Å²) in [5.74, 6) is -0.155.